The van der Waals surface area contributed by atoms with Crippen LogP contribution in [0.15, 0.2) is 29.6 Å². The van der Waals surface area contributed by atoms with Gasteiger partial charge in [-0.15, -0.1) is 11.3 Å². The van der Waals surface area contributed by atoms with Crippen LogP contribution < -0.4 is 11.1 Å². The minimum atomic E-state index is -0.225. The molecule has 0 atom stereocenters. The second-order valence-corrected chi connectivity index (χ2v) is 6.16. The number of carbonyl (C=O) groups excluding carboxylic acids is 1. The van der Waals surface area contributed by atoms with E-state index in [2.05, 4.69) is 28.5 Å². The van der Waals surface area contributed by atoms with E-state index in [0.717, 1.165) is 37.3 Å². The molecule has 1 aromatic heterocycles. The smallest absolute Gasteiger partial charge is 0.239 e. The van der Waals surface area contributed by atoms with Gasteiger partial charge in [0.15, 0.2) is 5.13 Å². The second kappa shape index (κ2) is 7.00. The van der Waals surface area contributed by atoms with Gasteiger partial charge in [0.25, 0.3) is 0 Å². The Bertz CT molecular complexity index is 650. The molecule has 6 heteroatoms. The molecule has 1 amide bonds. The molecule has 1 fully saturated rings. The van der Waals surface area contributed by atoms with E-state index in [1.54, 1.807) is 0 Å². The third-order valence-corrected chi connectivity index (χ3v) is 4.57. The molecular weight excluding hydrogens is 298 g/mol. The van der Waals surface area contributed by atoms with E-state index in [9.17, 15) is 4.79 Å². The van der Waals surface area contributed by atoms with Crippen LogP contribution in [0.2, 0.25) is 0 Å². The number of ether oxygens (including phenoxy) is 1. The Kier molecular flexibility index (Phi) is 4.82. The summed E-state index contributed by atoms with van der Waals surface area (Å²) in [5.74, 6) is 0.334. The van der Waals surface area contributed by atoms with Gasteiger partial charge in [0.05, 0.1) is 12.2 Å². The van der Waals surface area contributed by atoms with Gasteiger partial charge in [-0.1, -0.05) is 18.2 Å². The highest BCUT2D eigenvalue weighted by molar-refractivity contribution is 7.14. The van der Waals surface area contributed by atoms with Gasteiger partial charge in [0, 0.05) is 24.2 Å². The van der Waals surface area contributed by atoms with E-state index in [1.165, 1.54) is 16.9 Å². The SMILES string of the molecule is NCC(=O)Nc1nc(-c2cccc(C3CCOCC3)c2)cs1. The van der Waals surface area contributed by atoms with Crippen LogP contribution in [0.4, 0.5) is 5.13 Å². The molecule has 2 heterocycles. The molecule has 22 heavy (non-hydrogen) atoms. The number of hydrogen-bond acceptors (Lipinski definition) is 5. The maximum Gasteiger partial charge on any atom is 0.239 e. The van der Waals surface area contributed by atoms with Gasteiger partial charge in [-0.2, -0.15) is 0 Å². The number of rotatable bonds is 4. The number of aromatic nitrogens is 1. The fraction of sp³-hybridized carbons (Fsp3) is 0.375. The van der Waals surface area contributed by atoms with E-state index in [4.69, 9.17) is 10.5 Å². The first kappa shape index (κ1) is 15.1. The first-order valence-electron chi connectivity index (χ1n) is 7.40. The first-order chi connectivity index (χ1) is 10.8. The van der Waals surface area contributed by atoms with Crippen LogP contribution in [0, 0.1) is 0 Å². The van der Waals surface area contributed by atoms with Gasteiger partial charge in [0.1, 0.15) is 0 Å². The van der Waals surface area contributed by atoms with Gasteiger partial charge in [0.2, 0.25) is 5.91 Å². The van der Waals surface area contributed by atoms with Gasteiger partial charge in [-0.05, 0) is 30.4 Å². The van der Waals surface area contributed by atoms with Crippen molar-refractivity contribution in [3.05, 3.63) is 35.2 Å². The summed E-state index contributed by atoms with van der Waals surface area (Å²) >= 11 is 1.41. The zero-order valence-electron chi connectivity index (χ0n) is 12.2. The summed E-state index contributed by atoms with van der Waals surface area (Å²) in [5, 5.41) is 5.23. The van der Waals surface area contributed by atoms with Crippen LogP contribution in [-0.4, -0.2) is 30.6 Å². The maximum absolute atomic E-state index is 11.3. The van der Waals surface area contributed by atoms with Crippen molar-refractivity contribution in [1.29, 1.82) is 0 Å². The second-order valence-electron chi connectivity index (χ2n) is 5.30. The third kappa shape index (κ3) is 3.52. The number of carbonyl (C=O) groups is 1. The van der Waals surface area contributed by atoms with Crippen LogP contribution in [-0.2, 0) is 9.53 Å². The summed E-state index contributed by atoms with van der Waals surface area (Å²) < 4.78 is 5.43. The van der Waals surface area contributed by atoms with Crippen LogP contribution in [0.3, 0.4) is 0 Å². The first-order valence-corrected chi connectivity index (χ1v) is 8.28. The Morgan fingerprint density at radius 1 is 1.41 bits per heavy atom. The molecule has 2 aromatic rings. The summed E-state index contributed by atoms with van der Waals surface area (Å²) in [4.78, 5) is 15.8. The lowest BCUT2D eigenvalue weighted by molar-refractivity contribution is -0.114. The Morgan fingerprint density at radius 3 is 3.00 bits per heavy atom. The van der Waals surface area contributed by atoms with E-state index in [1.807, 2.05) is 11.4 Å². The van der Waals surface area contributed by atoms with Crippen molar-refractivity contribution in [2.45, 2.75) is 18.8 Å². The minimum absolute atomic E-state index is 0.0336. The lowest BCUT2D eigenvalue weighted by atomic mass is 9.90. The number of amides is 1. The largest absolute Gasteiger partial charge is 0.381 e. The molecule has 0 unspecified atom stereocenters. The minimum Gasteiger partial charge on any atom is -0.381 e. The molecule has 5 nitrogen and oxygen atoms in total. The van der Waals surface area contributed by atoms with Crippen molar-refractivity contribution in [2.75, 3.05) is 25.1 Å². The summed E-state index contributed by atoms with van der Waals surface area (Å²) in [6.45, 7) is 1.63. The molecule has 3 rings (SSSR count). The zero-order valence-corrected chi connectivity index (χ0v) is 13.1. The molecule has 3 N–H and O–H groups in total. The van der Waals surface area contributed by atoms with E-state index >= 15 is 0 Å². The van der Waals surface area contributed by atoms with Crippen LogP contribution in [0.5, 0.6) is 0 Å². The highest BCUT2D eigenvalue weighted by Gasteiger charge is 2.16. The number of thiazole rings is 1. The molecule has 1 aliphatic rings. The van der Waals surface area contributed by atoms with Crippen LogP contribution >= 0.6 is 11.3 Å². The van der Waals surface area contributed by atoms with Gasteiger partial charge >= 0.3 is 0 Å². The molecule has 0 bridgehead atoms. The molecule has 0 spiro atoms. The number of nitrogens with one attached hydrogen (secondary N) is 1. The Morgan fingerprint density at radius 2 is 2.23 bits per heavy atom. The van der Waals surface area contributed by atoms with E-state index in [-0.39, 0.29) is 12.5 Å². The fourth-order valence-corrected chi connectivity index (χ4v) is 3.35. The molecule has 0 saturated carbocycles. The van der Waals surface area contributed by atoms with Gasteiger partial charge in [-0.3, -0.25) is 4.79 Å². The number of nitrogens with zero attached hydrogens (tertiary/aromatic N) is 1. The molecule has 116 valence electrons. The Hall–Kier alpha value is -1.76. The van der Waals surface area contributed by atoms with Crippen LogP contribution in [0.1, 0.15) is 24.3 Å². The van der Waals surface area contributed by atoms with Crippen molar-refractivity contribution >= 4 is 22.4 Å². The van der Waals surface area contributed by atoms with Crippen molar-refractivity contribution in [3.63, 3.8) is 0 Å². The molecule has 1 saturated heterocycles. The monoisotopic (exact) mass is 317 g/mol. The maximum atomic E-state index is 11.3. The third-order valence-electron chi connectivity index (χ3n) is 3.81. The highest BCUT2D eigenvalue weighted by atomic mass is 32.1. The molecule has 0 aliphatic carbocycles. The van der Waals surface area contributed by atoms with Crippen molar-refractivity contribution in [3.8, 4) is 11.3 Å². The number of anilines is 1. The standard InChI is InChI=1S/C16H19N3O2S/c17-9-15(20)19-16-18-14(10-22-16)13-3-1-2-12(8-13)11-4-6-21-7-5-11/h1-3,8,10-11H,4-7,9,17H2,(H,18,19,20). The summed E-state index contributed by atoms with van der Waals surface area (Å²) in [6.07, 6.45) is 2.14. The molecular formula is C16H19N3O2S. The van der Waals surface area contributed by atoms with Crippen molar-refractivity contribution < 1.29 is 9.53 Å². The molecule has 1 aromatic carbocycles. The van der Waals surface area contributed by atoms with E-state index < -0.39 is 0 Å². The molecule has 0 radical (unpaired) electrons. The predicted molar refractivity (Wildman–Crippen MR) is 88.0 cm³/mol. The molecule has 1 aliphatic heterocycles. The summed E-state index contributed by atoms with van der Waals surface area (Å²) in [6, 6.07) is 8.48. The summed E-state index contributed by atoms with van der Waals surface area (Å²) in [5.41, 5.74) is 8.59. The lowest BCUT2D eigenvalue weighted by Gasteiger charge is -2.22. The number of hydrogen-bond donors (Lipinski definition) is 2. The van der Waals surface area contributed by atoms with Gasteiger partial charge < -0.3 is 15.8 Å². The highest BCUT2D eigenvalue weighted by Crippen LogP contribution is 2.31. The predicted octanol–water partition coefficient (Wildman–Crippen LogP) is 2.60. The van der Waals surface area contributed by atoms with E-state index in [0.29, 0.717) is 11.0 Å². The average Bonchev–Trinajstić information content (AvgIpc) is 3.04. The Balaban J connectivity index is 1.78. The number of nitrogens with two attached hydrogens (primary N) is 1. The van der Waals surface area contributed by atoms with Gasteiger partial charge in [-0.25, -0.2) is 4.98 Å². The Labute approximate surface area is 133 Å². The van der Waals surface area contributed by atoms with Crippen molar-refractivity contribution in [2.24, 2.45) is 5.73 Å². The quantitative estimate of drug-likeness (QED) is 0.908. The van der Waals surface area contributed by atoms with Crippen molar-refractivity contribution in [1.82, 2.24) is 4.98 Å². The topological polar surface area (TPSA) is 77.2 Å². The normalized spacial score (nSPS) is 15.7. The zero-order chi connectivity index (χ0) is 15.4. The number of benzene rings is 1. The van der Waals surface area contributed by atoms with Crippen LogP contribution in [0.25, 0.3) is 11.3 Å². The fourth-order valence-electron chi connectivity index (χ4n) is 2.62. The summed E-state index contributed by atoms with van der Waals surface area (Å²) in [7, 11) is 0. The lowest BCUT2D eigenvalue weighted by Crippen LogP contribution is -2.21. The average molecular weight is 317 g/mol.